The van der Waals surface area contributed by atoms with Crippen molar-refractivity contribution in [1.29, 1.82) is 0 Å². The average Bonchev–Trinajstić information content (AvgIpc) is 2.34. The summed E-state index contributed by atoms with van der Waals surface area (Å²) in [5.74, 6) is 0.253. The van der Waals surface area contributed by atoms with Crippen molar-refractivity contribution < 1.29 is 14.1 Å². The minimum absolute atomic E-state index is 0.253. The molecule has 0 saturated carbocycles. The predicted molar refractivity (Wildman–Crippen MR) is 73.2 cm³/mol. The molecule has 2 unspecified atom stereocenters. The molecular weight excluding hydrogens is 250 g/mol. The first kappa shape index (κ1) is 15.3. The van der Waals surface area contributed by atoms with Crippen molar-refractivity contribution in [2.45, 2.75) is 17.9 Å². The first-order valence-electron chi connectivity index (χ1n) is 5.96. The summed E-state index contributed by atoms with van der Waals surface area (Å²) in [5.41, 5.74) is 1.08. The lowest BCUT2D eigenvalue weighted by molar-refractivity contribution is 0.174. The third-order valence-electron chi connectivity index (χ3n) is 2.46. The van der Waals surface area contributed by atoms with E-state index in [9.17, 15) is 9.32 Å². The molecule has 102 valence electrons. The van der Waals surface area contributed by atoms with Crippen LogP contribution in [0.25, 0.3) is 0 Å². The fourth-order valence-corrected chi connectivity index (χ4v) is 2.74. The van der Waals surface area contributed by atoms with E-state index in [2.05, 4.69) is 5.32 Å². The number of rotatable bonds is 8. The van der Waals surface area contributed by atoms with Gasteiger partial charge in [0.15, 0.2) is 0 Å². The Bertz CT molecular complexity index is 384. The molecule has 1 rings (SSSR count). The van der Waals surface area contributed by atoms with Crippen LogP contribution in [0.2, 0.25) is 0 Å². The molecule has 0 heterocycles. The number of aliphatic hydroxyl groups excluding tert-OH is 1. The molecule has 0 spiro atoms. The molecule has 0 amide bonds. The number of ether oxygens (including phenoxy) is 1. The van der Waals surface area contributed by atoms with E-state index in [0.717, 1.165) is 10.5 Å². The number of hydrogen-bond donors (Lipinski definition) is 2. The molecule has 1 aromatic rings. The van der Waals surface area contributed by atoms with E-state index in [-0.39, 0.29) is 5.75 Å². The fourth-order valence-electron chi connectivity index (χ4n) is 1.53. The van der Waals surface area contributed by atoms with E-state index in [0.29, 0.717) is 19.7 Å². The highest BCUT2D eigenvalue weighted by Crippen LogP contribution is 2.09. The van der Waals surface area contributed by atoms with Gasteiger partial charge in [-0.25, -0.2) is 0 Å². The monoisotopic (exact) mass is 271 g/mol. The van der Waals surface area contributed by atoms with Gasteiger partial charge in [-0.2, -0.15) is 0 Å². The molecule has 0 aliphatic heterocycles. The number of aliphatic hydroxyl groups is 1. The van der Waals surface area contributed by atoms with Crippen LogP contribution in [0.5, 0.6) is 0 Å². The zero-order valence-corrected chi connectivity index (χ0v) is 11.7. The van der Waals surface area contributed by atoms with Crippen LogP contribution in [0, 0.1) is 6.92 Å². The summed E-state index contributed by atoms with van der Waals surface area (Å²) in [5, 5.41) is 12.8. The number of methoxy groups -OCH3 is 1. The summed E-state index contributed by atoms with van der Waals surface area (Å²) in [6, 6.07) is 7.56. The van der Waals surface area contributed by atoms with Gasteiger partial charge in [0, 0.05) is 25.1 Å². The lowest BCUT2D eigenvalue weighted by Gasteiger charge is -2.11. The summed E-state index contributed by atoms with van der Waals surface area (Å²) in [6.45, 7) is 3.68. The molecule has 0 aliphatic rings. The van der Waals surface area contributed by atoms with Gasteiger partial charge in [-0.05, 0) is 24.6 Å². The van der Waals surface area contributed by atoms with E-state index in [1.165, 1.54) is 0 Å². The van der Waals surface area contributed by atoms with Crippen LogP contribution >= 0.6 is 0 Å². The molecule has 1 aromatic carbocycles. The van der Waals surface area contributed by atoms with Crippen molar-refractivity contribution >= 4 is 10.8 Å². The molecule has 0 radical (unpaired) electrons. The van der Waals surface area contributed by atoms with Gasteiger partial charge >= 0.3 is 0 Å². The minimum atomic E-state index is -1.15. The summed E-state index contributed by atoms with van der Waals surface area (Å²) in [4.78, 5) is 0.769. The second-order valence-corrected chi connectivity index (χ2v) is 5.68. The zero-order chi connectivity index (χ0) is 13.4. The lowest BCUT2D eigenvalue weighted by Crippen LogP contribution is -2.32. The van der Waals surface area contributed by atoms with Crippen LogP contribution in [-0.2, 0) is 15.5 Å². The Morgan fingerprint density at radius 3 is 2.94 bits per heavy atom. The molecule has 18 heavy (non-hydrogen) atoms. The zero-order valence-electron chi connectivity index (χ0n) is 10.9. The number of hydrogen-bond acceptors (Lipinski definition) is 4. The molecule has 0 bridgehead atoms. The summed E-state index contributed by atoms with van der Waals surface area (Å²) in [7, 11) is 0.478. The van der Waals surface area contributed by atoms with Gasteiger partial charge in [0.2, 0.25) is 0 Å². The first-order chi connectivity index (χ1) is 8.63. The van der Waals surface area contributed by atoms with Crippen LogP contribution in [0.15, 0.2) is 29.2 Å². The second kappa shape index (κ2) is 8.37. The Labute approximate surface area is 111 Å². The third-order valence-corrected chi connectivity index (χ3v) is 3.93. The Kier molecular flexibility index (Phi) is 7.12. The van der Waals surface area contributed by atoms with Crippen molar-refractivity contribution in [1.82, 2.24) is 5.32 Å². The molecule has 0 aromatic heterocycles. The van der Waals surface area contributed by atoms with Crippen molar-refractivity contribution in [2.24, 2.45) is 0 Å². The molecule has 0 aliphatic carbocycles. The van der Waals surface area contributed by atoms with Gasteiger partial charge in [0.05, 0.1) is 29.3 Å². The maximum absolute atomic E-state index is 12.0. The fraction of sp³-hybridized carbons (Fsp3) is 0.538. The van der Waals surface area contributed by atoms with Gasteiger partial charge in [-0.15, -0.1) is 0 Å². The van der Waals surface area contributed by atoms with Crippen molar-refractivity contribution in [3.8, 4) is 0 Å². The predicted octanol–water partition coefficient (Wildman–Crippen LogP) is 0.700. The highest BCUT2D eigenvalue weighted by molar-refractivity contribution is 7.85. The Balaban J connectivity index is 2.35. The SMILES string of the molecule is COCCNCC(O)CS(=O)c1cccc(C)c1. The van der Waals surface area contributed by atoms with Gasteiger partial charge in [0.1, 0.15) is 0 Å². The van der Waals surface area contributed by atoms with Gasteiger partial charge in [-0.1, -0.05) is 12.1 Å². The molecule has 0 fully saturated rings. The van der Waals surface area contributed by atoms with Crippen LogP contribution in [-0.4, -0.2) is 48.0 Å². The highest BCUT2D eigenvalue weighted by atomic mass is 32.2. The molecule has 0 saturated heterocycles. The van der Waals surface area contributed by atoms with Crippen LogP contribution < -0.4 is 5.32 Å². The minimum Gasteiger partial charge on any atom is -0.391 e. The third kappa shape index (κ3) is 5.73. The van der Waals surface area contributed by atoms with Gasteiger partial charge < -0.3 is 15.2 Å². The summed E-state index contributed by atoms with van der Waals surface area (Å²) in [6.07, 6.45) is -0.608. The molecule has 5 heteroatoms. The molecule has 2 N–H and O–H groups in total. The number of nitrogens with one attached hydrogen (secondary N) is 1. The maximum atomic E-state index is 12.0. The quantitative estimate of drug-likeness (QED) is 0.683. The second-order valence-electron chi connectivity index (χ2n) is 4.18. The lowest BCUT2D eigenvalue weighted by atomic mass is 10.2. The van der Waals surface area contributed by atoms with Crippen LogP contribution in [0.3, 0.4) is 0 Å². The van der Waals surface area contributed by atoms with E-state index < -0.39 is 16.9 Å². The Morgan fingerprint density at radius 2 is 2.28 bits per heavy atom. The largest absolute Gasteiger partial charge is 0.391 e. The number of benzene rings is 1. The first-order valence-corrected chi connectivity index (χ1v) is 7.28. The highest BCUT2D eigenvalue weighted by Gasteiger charge is 2.11. The summed E-state index contributed by atoms with van der Waals surface area (Å²) < 4.78 is 16.9. The van der Waals surface area contributed by atoms with Crippen molar-refractivity contribution in [3.05, 3.63) is 29.8 Å². The Hall–Kier alpha value is -0.750. The van der Waals surface area contributed by atoms with Gasteiger partial charge in [0.25, 0.3) is 0 Å². The smallest absolute Gasteiger partial charge is 0.0783 e. The normalized spacial score (nSPS) is 14.4. The van der Waals surface area contributed by atoms with E-state index >= 15 is 0 Å². The van der Waals surface area contributed by atoms with E-state index in [1.54, 1.807) is 7.11 Å². The maximum Gasteiger partial charge on any atom is 0.0783 e. The molecular formula is C13H21NO3S. The van der Waals surface area contributed by atoms with Crippen molar-refractivity contribution in [2.75, 3.05) is 32.6 Å². The molecule has 2 atom stereocenters. The van der Waals surface area contributed by atoms with E-state index in [1.807, 2.05) is 31.2 Å². The number of aryl methyl sites for hydroxylation is 1. The van der Waals surface area contributed by atoms with Crippen molar-refractivity contribution in [3.63, 3.8) is 0 Å². The molecule has 4 nitrogen and oxygen atoms in total. The van der Waals surface area contributed by atoms with Crippen LogP contribution in [0.1, 0.15) is 5.56 Å². The standard InChI is InChI=1S/C13H21NO3S/c1-11-4-3-5-13(8-11)18(16)10-12(15)9-14-6-7-17-2/h3-5,8,12,14-15H,6-7,9-10H2,1-2H3. The van der Waals surface area contributed by atoms with E-state index in [4.69, 9.17) is 4.74 Å². The topological polar surface area (TPSA) is 58.6 Å². The average molecular weight is 271 g/mol. The van der Waals surface area contributed by atoms with Crippen LogP contribution in [0.4, 0.5) is 0 Å². The summed E-state index contributed by atoms with van der Waals surface area (Å²) >= 11 is 0. The van der Waals surface area contributed by atoms with Gasteiger partial charge in [-0.3, -0.25) is 4.21 Å². The Morgan fingerprint density at radius 1 is 1.50 bits per heavy atom.